The topological polar surface area (TPSA) is 79.6 Å². The van der Waals surface area contributed by atoms with Crippen molar-refractivity contribution in [3.8, 4) is 0 Å². The molecule has 1 aliphatic rings. The van der Waals surface area contributed by atoms with E-state index in [0.717, 1.165) is 0 Å². The van der Waals surface area contributed by atoms with Crippen molar-refractivity contribution in [2.24, 2.45) is 7.05 Å². The zero-order chi connectivity index (χ0) is 19.2. The molecule has 26 heavy (non-hydrogen) atoms. The largest absolute Gasteiger partial charge is 0.509 e. The highest BCUT2D eigenvalue weighted by atomic mass is 35.5. The van der Waals surface area contributed by atoms with Crippen LogP contribution in [0, 0.1) is 0 Å². The number of benzene rings is 1. The molecule has 2 heterocycles. The van der Waals surface area contributed by atoms with E-state index in [4.69, 9.17) is 23.2 Å². The first-order valence-electron chi connectivity index (χ1n) is 7.61. The van der Waals surface area contributed by atoms with E-state index >= 15 is 0 Å². The predicted octanol–water partition coefficient (Wildman–Crippen LogP) is 3.18. The van der Waals surface area contributed by atoms with E-state index in [9.17, 15) is 19.5 Å². The van der Waals surface area contributed by atoms with Crippen molar-refractivity contribution in [1.29, 1.82) is 0 Å². The molecule has 8 heteroatoms. The van der Waals surface area contributed by atoms with Crippen LogP contribution in [-0.4, -0.2) is 21.4 Å². The Kier molecular flexibility index (Phi) is 4.64. The minimum absolute atomic E-state index is 0.0802. The van der Waals surface area contributed by atoms with Crippen LogP contribution in [0.5, 0.6) is 0 Å². The lowest BCUT2D eigenvalue weighted by Gasteiger charge is -2.26. The fourth-order valence-electron chi connectivity index (χ4n) is 2.94. The van der Waals surface area contributed by atoms with Gasteiger partial charge >= 0.3 is 0 Å². The van der Waals surface area contributed by atoms with Crippen LogP contribution in [0.15, 0.2) is 52.7 Å². The molecule has 0 saturated heterocycles. The predicted molar refractivity (Wildman–Crippen MR) is 98.7 cm³/mol. The fourth-order valence-corrected chi connectivity index (χ4v) is 3.31. The van der Waals surface area contributed by atoms with Crippen molar-refractivity contribution in [3.63, 3.8) is 0 Å². The minimum atomic E-state index is -0.924. The summed E-state index contributed by atoms with van der Waals surface area (Å²) in [5.41, 5.74) is 0.121. The summed E-state index contributed by atoms with van der Waals surface area (Å²) in [6, 6.07) is 6.94. The number of rotatable bonds is 3. The highest BCUT2D eigenvalue weighted by Gasteiger charge is 2.43. The summed E-state index contributed by atoms with van der Waals surface area (Å²) in [7, 11) is 1.49. The lowest BCUT2D eigenvalue weighted by Crippen LogP contribution is -2.32. The van der Waals surface area contributed by atoms with Gasteiger partial charge in [-0.05, 0) is 30.7 Å². The van der Waals surface area contributed by atoms with Crippen LogP contribution in [0.1, 0.15) is 18.5 Å². The molecule has 1 atom stereocenters. The first-order chi connectivity index (χ1) is 12.2. The highest BCUT2D eigenvalue weighted by molar-refractivity contribution is 6.31. The number of hydrogen-bond acceptors (Lipinski definition) is 4. The first kappa shape index (κ1) is 18.2. The number of halogens is 2. The average molecular weight is 393 g/mol. The van der Waals surface area contributed by atoms with E-state index in [1.54, 1.807) is 24.3 Å². The van der Waals surface area contributed by atoms with Crippen molar-refractivity contribution >= 4 is 40.6 Å². The molecule has 0 bridgehead atoms. The van der Waals surface area contributed by atoms with E-state index < -0.39 is 23.3 Å². The second-order valence-electron chi connectivity index (χ2n) is 5.91. The van der Waals surface area contributed by atoms with Gasteiger partial charge in [0.15, 0.2) is 5.78 Å². The van der Waals surface area contributed by atoms with Gasteiger partial charge in [0.2, 0.25) is 0 Å². The van der Waals surface area contributed by atoms with E-state index in [1.165, 1.54) is 35.7 Å². The molecule has 0 aliphatic carbocycles. The third-order valence-electron chi connectivity index (χ3n) is 4.15. The van der Waals surface area contributed by atoms with Gasteiger partial charge in [-0.3, -0.25) is 19.3 Å². The molecule has 1 amide bonds. The van der Waals surface area contributed by atoms with Gasteiger partial charge in [-0.15, -0.1) is 0 Å². The quantitative estimate of drug-likeness (QED) is 0.813. The Balaban J connectivity index is 2.22. The van der Waals surface area contributed by atoms with Crippen molar-refractivity contribution in [1.82, 2.24) is 4.57 Å². The number of carbonyl (C=O) groups excluding carboxylic acids is 2. The Hall–Kier alpha value is -2.57. The Morgan fingerprint density at radius 3 is 2.31 bits per heavy atom. The second kappa shape index (κ2) is 6.63. The van der Waals surface area contributed by atoms with Gasteiger partial charge in [-0.1, -0.05) is 35.3 Å². The number of aliphatic hydroxyl groups excluding tert-OH is 1. The van der Waals surface area contributed by atoms with Crippen LogP contribution < -0.4 is 10.5 Å². The number of aromatic nitrogens is 1. The van der Waals surface area contributed by atoms with Crippen LogP contribution in [0.4, 0.5) is 5.69 Å². The molecule has 3 rings (SSSR count). The molecule has 2 aromatic rings. The molecule has 0 saturated carbocycles. The van der Waals surface area contributed by atoms with Gasteiger partial charge < -0.3 is 9.67 Å². The van der Waals surface area contributed by atoms with Crippen LogP contribution in [0.2, 0.25) is 10.0 Å². The summed E-state index contributed by atoms with van der Waals surface area (Å²) < 4.78 is 1.23. The summed E-state index contributed by atoms with van der Waals surface area (Å²) in [6.07, 6.45) is 1.42. The normalized spacial score (nSPS) is 17.2. The van der Waals surface area contributed by atoms with Crippen molar-refractivity contribution in [2.75, 3.05) is 4.90 Å². The Bertz CT molecular complexity index is 983. The molecule has 1 N–H and O–H groups in total. The van der Waals surface area contributed by atoms with Crippen LogP contribution in [0.25, 0.3) is 0 Å². The van der Waals surface area contributed by atoms with Gasteiger partial charge in [0.05, 0.1) is 5.69 Å². The number of aryl methyl sites for hydroxylation is 1. The third kappa shape index (κ3) is 2.91. The summed E-state index contributed by atoms with van der Waals surface area (Å²) in [5.74, 6) is -1.57. The Labute approximate surface area is 158 Å². The summed E-state index contributed by atoms with van der Waals surface area (Å²) >= 11 is 11.9. The van der Waals surface area contributed by atoms with Crippen molar-refractivity contribution in [2.45, 2.75) is 13.0 Å². The lowest BCUT2D eigenvalue weighted by atomic mass is 10.0. The zero-order valence-corrected chi connectivity index (χ0v) is 15.4. The average Bonchev–Trinajstić information content (AvgIpc) is 2.83. The fraction of sp³-hybridized carbons (Fsp3) is 0.167. The zero-order valence-electron chi connectivity index (χ0n) is 13.9. The van der Waals surface area contributed by atoms with E-state index in [1.807, 2.05) is 0 Å². The molecule has 1 aromatic carbocycles. The standard InChI is InChI=1S/C18H14Cl2N2O4/c1-9(23)14-16(24)15(10-3-5-11(19)6-4-10)22(18(14)26)12-7-13(20)17(25)21(2)8-12/h3-8,15,24H,1-2H3. The van der Waals surface area contributed by atoms with Crippen molar-refractivity contribution in [3.05, 3.63) is 73.8 Å². The van der Waals surface area contributed by atoms with Gasteiger partial charge in [-0.2, -0.15) is 0 Å². The third-order valence-corrected chi connectivity index (χ3v) is 4.67. The number of Topliss-reactive ketones (excluding diaryl/α,β-unsaturated/α-hetero) is 1. The van der Waals surface area contributed by atoms with Crippen LogP contribution in [0.3, 0.4) is 0 Å². The molecular formula is C18H14Cl2N2O4. The van der Waals surface area contributed by atoms with Gasteiger partial charge in [0, 0.05) is 18.3 Å². The first-order valence-corrected chi connectivity index (χ1v) is 8.37. The van der Waals surface area contributed by atoms with Crippen molar-refractivity contribution < 1.29 is 14.7 Å². The maximum Gasteiger partial charge on any atom is 0.269 e. The Morgan fingerprint density at radius 1 is 1.15 bits per heavy atom. The van der Waals surface area contributed by atoms with Gasteiger partial charge in [-0.25, -0.2) is 0 Å². The number of nitrogens with zero attached hydrogens (tertiary/aromatic N) is 2. The van der Waals surface area contributed by atoms with Crippen LogP contribution in [-0.2, 0) is 16.6 Å². The van der Waals surface area contributed by atoms with E-state index in [0.29, 0.717) is 10.6 Å². The molecule has 1 unspecified atom stereocenters. The molecule has 134 valence electrons. The second-order valence-corrected chi connectivity index (χ2v) is 6.75. The van der Waals surface area contributed by atoms with Gasteiger partial charge in [0.1, 0.15) is 22.4 Å². The smallest absolute Gasteiger partial charge is 0.269 e. The summed E-state index contributed by atoms with van der Waals surface area (Å²) in [6.45, 7) is 1.21. The molecule has 1 aliphatic heterocycles. The van der Waals surface area contributed by atoms with E-state index in [-0.39, 0.29) is 22.0 Å². The molecule has 6 nitrogen and oxygen atoms in total. The molecule has 0 radical (unpaired) electrons. The number of aliphatic hydroxyl groups is 1. The molecular weight excluding hydrogens is 379 g/mol. The lowest BCUT2D eigenvalue weighted by molar-refractivity contribution is -0.119. The number of amides is 1. The molecule has 1 aromatic heterocycles. The maximum atomic E-state index is 12.8. The Morgan fingerprint density at radius 2 is 1.77 bits per heavy atom. The highest BCUT2D eigenvalue weighted by Crippen LogP contribution is 2.40. The molecule has 0 fully saturated rings. The molecule has 0 spiro atoms. The number of hydrogen-bond donors (Lipinski definition) is 1. The summed E-state index contributed by atoms with van der Waals surface area (Å²) in [5, 5.41) is 11.0. The number of anilines is 1. The minimum Gasteiger partial charge on any atom is -0.509 e. The van der Waals surface area contributed by atoms with Crippen LogP contribution >= 0.6 is 23.2 Å². The monoisotopic (exact) mass is 392 g/mol. The maximum absolute atomic E-state index is 12.8. The van der Waals surface area contributed by atoms with Gasteiger partial charge in [0.25, 0.3) is 11.5 Å². The number of carbonyl (C=O) groups is 2. The summed E-state index contributed by atoms with van der Waals surface area (Å²) in [4.78, 5) is 37.8. The number of ketones is 1. The SMILES string of the molecule is CC(=O)C1=C(O)C(c2ccc(Cl)cc2)N(c2cc(Cl)c(=O)n(C)c2)C1=O. The van der Waals surface area contributed by atoms with E-state index in [2.05, 4.69) is 0 Å². The number of pyridine rings is 1.